The van der Waals surface area contributed by atoms with Gasteiger partial charge in [-0.2, -0.15) is 0 Å². The number of aromatic nitrogens is 1. The minimum atomic E-state index is 0.0676. The monoisotopic (exact) mass is 338 g/mol. The Balaban J connectivity index is 2.45. The smallest absolute Gasteiger partial charge is 0.0606 e. The summed E-state index contributed by atoms with van der Waals surface area (Å²) >= 11 is 9.79. The maximum absolute atomic E-state index is 6.36. The van der Waals surface area contributed by atoms with Gasteiger partial charge in [0.15, 0.2) is 0 Å². The first-order chi connectivity index (χ1) is 9.11. The van der Waals surface area contributed by atoms with Gasteiger partial charge in [-0.05, 0) is 42.3 Å². The zero-order valence-electron chi connectivity index (χ0n) is 11.0. The summed E-state index contributed by atoms with van der Waals surface area (Å²) in [5.74, 6) is 0. The van der Waals surface area contributed by atoms with Gasteiger partial charge in [0.05, 0.1) is 6.04 Å². The molecule has 0 aliphatic carbocycles. The molecule has 19 heavy (non-hydrogen) atoms. The first-order valence-electron chi connectivity index (χ1n) is 6.21. The third-order valence-corrected chi connectivity index (χ3v) is 3.73. The summed E-state index contributed by atoms with van der Waals surface area (Å²) in [6, 6.07) is 8.18. The summed E-state index contributed by atoms with van der Waals surface area (Å²) in [4.78, 5) is 4.27. The molecule has 1 heterocycles. The van der Waals surface area contributed by atoms with Crippen molar-refractivity contribution in [3.63, 3.8) is 0 Å². The van der Waals surface area contributed by atoms with E-state index < -0.39 is 0 Å². The Morgan fingerprint density at radius 3 is 2.74 bits per heavy atom. The van der Waals surface area contributed by atoms with Gasteiger partial charge in [-0.3, -0.25) is 4.98 Å². The number of rotatable bonds is 4. The molecule has 4 heteroatoms. The number of pyridine rings is 1. The molecule has 100 valence electrons. The standard InChI is InChI=1S/C15H16BrClN2/c1-3-19-15(11-6-10(2)8-18-9-11)13-5-4-12(16)7-14(13)17/h4-9,15,19H,3H2,1-2H3. The molecule has 0 aliphatic heterocycles. The van der Waals surface area contributed by atoms with Gasteiger partial charge >= 0.3 is 0 Å². The fourth-order valence-corrected chi connectivity index (χ4v) is 2.87. The summed E-state index contributed by atoms with van der Waals surface area (Å²) < 4.78 is 0.985. The summed E-state index contributed by atoms with van der Waals surface area (Å²) in [6.07, 6.45) is 3.74. The normalized spacial score (nSPS) is 12.4. The third-order valence-electron chi connectivity index (χ3n) is 2.91. The highest BCUT2D eigenvalue weighted by atomic mass is 79.9. The SMILES string of the molecule is CCNC(c1cncc(C)c1)c1ccc(Br)cc1Cl. The minimum Gasteiger partial charge on any atom is -0.306 e. The number of nitrogens with one attached hydrogen (secondary N) is 1. The first kappa shape index (κ1) is 14.5. The zero-order valence-corrected chi connectivity index (χ0v) is 13.3. The highest BCUT2D eigenvalue weighted by molar-refractivity contribution is 9.10. The van der Waals surface area contributed by atoms with Crippen molar-refractivity contribution >= 4 is 27.5 Å². The van der Waals surface area contributed by atoms with Crippen molar-refractivity contribution in [2.75, 3.05) is 6.54 Å². The first-order valence-corrected chi connectivity index (χ1v) is 7.38. The lowest BCUT2D eigenvalue weighted by molar-refractivity contribution is 0.628. The van der Waals surface area contributed by atoms with Crippen LogP contribution < -0.4 is 5.32 Å². The Labute approximate surface area is 127 Å². The highest BCUT2D eigenvalue weighted by Crippen LogP contribution is 2.30. The van der Waals surface area contributed by atoms with Crippen LogP contribution in [0.1, 0.15) is 29.7 Å². The van der Waals surface area contributed by atoms with Crippen LogP contribution in [0, 0.1) is 6.92 Å². The van der Waals surface area contributed by atoms with Crippen LogP contribution in [0.15, 0.2) is 41.1 Å². The molecule has 0 saturated heterocycles. The summed E-state index contributed by atoms with van der Waals surface area (Å²) in [5.41, 5.74) is 3.35. The van der Waals surface area contributed by atoms with E-state index in [-0.39, 0.29) is 6.04 Å². The summed E-state index contributed by atoms with van der Waals surface area (Å²) in [6.45, 7) is 5.00. The van der Waals surface area contributed by atoms with E-state index in [0.717, 1.165) is 32.7 Å². The Morgan fingerprint density at radius 1 is 1.32 bits per heavy atom. The zero-order chi connectivity index (χ0) is 13.8. The van der Waals surface area contributed by atoms with E-state index >= 15 is 0 Å². The molecular formula is C15H16BrClN2. The van der Waals surface area contributed by atoms with Crippen LogP contribution in [0.3, 0.4) is 0 Å². The van der Waals surface area contributed by atoms with Gasteiger partial charge in [-0.25, -0.2) is 0 Å². The molecule has 2 nitrogen and oxygen atoms in total. The van der Waals surface area contributed by atoms with Gasteiger partial charge in [-0.15, -0.1) is 0 Å². The van der Waals surface area contributed by atoms with Crippen LogP contribution in [0.2, 0.25) is 5.02 Å². The Kier molecular flexibility index (Phi) is 4.97. The minimum absolute atomic E-state index is 0.0676. The van der Waals surface area contributed by atoms with Gasteiger partial charge in [0.2, 0.25) is 0 Å². The Bertz CT molecular complexity index is 572. The lowest BCUT2D eigenvalue weighted by Crippen LogP contribution is -2.22. The molecule has 1 atom stereocenters. The average Bonchev–Trinajstić information content (AvgIpc) is 2.37. The molecule has 1 aromatic carbocycles. The fraction of sp³-hybridized carbons (Fsp3) is 0.267. The molecule has 1 aromatic heterocycles. The Hall–Kier alpha value is -0.900. The predicted octanol–water partition coefficient (Wildman–Crippen LogP) is 4.50. The second-order valence-corrected chi connectivity index (χ2v) is 5.78. The molecule has 2 rings (SSSR count). The summed E-state index contributed by atoms with van der Waals surface area (Å²) in [7, 11) is 0. The highest BCUT2D eigenvalue weighted by Gasteiger charge is 2.16. The van der Waals surface area contributed by atoms with Gasteiger partial charge < -0.3 is 5.32 Å². The third kappa shape index (κ3) is 3.56. The predicted molar refractivity (Wildman–Crippen MR) is 83.6 cm³/mol. The van der Waals surface area contributed by atoms with Crippen LogP contribution >= 0.6 is 27.5 Å². The molecule has 0 fully saturated rings. The molecule has 0 amide bonds. The largest absolute Gasteiger partial charge is 0.306 e. The van der Waals surface area contributed by atoms with Crippen LogP contribution in [0.25, 0.3) is 0 Å². The van der Waals surface area contributed by atoms with Crippen molar-refractivity contribution in [3.05, 3.63) is 62.8 Å². The van der Waals surface area contributed by atoms with E-state index in [0.29, 0.717) is 0 Å². The molecule has 0 radical (unpaired) electrons. The topological polar surface area (TPSA) is 24.9 Å². The van der Waals surface area contributed by atoms with E-state index in [9.17, 15) is 0 Å². The molecule has 1 unspecified atom stereocenters. The fourth-order valence-electron chi connectivity index (χ4n) is 2.08. The van der Waals surface area contributed by atoms with Crippen molar-refractivity contribution in [2.45, 2.75) is 19.9 Å². The van der Waals surface area contributed by atoms with Crippen LogP contribution in [-0.2, 0) is 0 Å². The number of aryl methyl sites for hydroxylation is 1. The van der Waals surface area contributed by atoms with Gasteiger partial charge in [0.25, 0.3) is 0 Å². The van der Waals surface area contributed by atoms with E-state index in [1.54, 1.807) is 0 Å². The molecule has 1 N–H and O–H groups in total. The number of halogens is 2. The molecule has 0 bridgehead atoms. The second-order valence-electron chi connectivity index (χ2n) is 4.45. The number of hydrogen-bond donors (Lipinski definition) is 1. The molecule has 0 aliphatic rings. The van der Waals surface area contributed by atoms with E-state index in [4.69, 9.17) is 11.6 Å². The molecule has 0 saturated carbocycles. The number of nitrogens with zero attached hydrogens (tertiary/aromatic N) is 1. The van der Waals surface area contributed by atoms with Gasteiger partial charge in [-0.1, -0.05) is 46.6 Å². The van der Waals surface area contributed by atoms with Crippen molar-refractivity contribution in [1.82, 2.24) is 10.3 Å². The van der Waals surface area contributed by atoms with Crippen molar-refractivity contribution < 1.29 is 0 Å². The van der Waals surface area contributed by atoms with Gasteiger partial charge in [0, 0.05) is 21.9 Å². The molecule has 0 spiro atoms. The quantitative estimate of drug-likeness (QED) is 0.887. The number of benzene rings is 1. The van der Waals surface area contributed by atoms with Crippen molar-refractivity contribution in [1.29, 1.82) is 0 Å². The molecule has 2 aromatic rings. The van der Waals surface area contributed by atoms with E-state index in [1.807, 2.05) is 37.5 Å². The number of hydrogen-bond acceptors (Lipinski definition) is 2. The molecular weight excluding hydrogens is 324 g/mol. The van der Waals surface area contributed by atoms with Crippen LogP contribution in [0.4, 0.5) is 0 Å². The van der Waals surface area contributed by atoms with E-state index in [2.05, 4.69) is 39.2 Å². The van der Waals surface area contributed by atoms with Crippen molar-refractivity contribution in [3.8, 4) is 0 Å². The van der Waals surface area contributed by atoms with E-state index in [1.165, 1.54) is 0 Å². The van der Waals surface area contributed by atoms with Crippen LogP contribution in [0.5, 0.6) is 0 Å². The Morgan fingerprint density at radius 2 is 2.11 bits per heavy atom. The second kappa shape index (κ2) is 6.51. The van der Waals surface area contributed by atoms with Gasteiger partial charge in [0.1, 0.15) is 0 Å². The van der Waals surface area contributed by atoms with Crippen molar-refractivity contribution in [2.24, 2.45) is 0 Å². The van der Waals surface area contributed by atoms with Crippen LogP contribution in [-0.4, -0.2) is 11.5 Å². The lowest BCUT2D eigenvalue weighted by Gasteiger charge is -2.20. The lowest BCUT2D eigenvalue weighted by atomic mass is 9.99. The maximum atomic E-state index is 6.36. The average molecular weight is 340 g/mol. The maximum Gasteiger partial charge on any atom is 0.0606 e. The summed E-state index contributed by atoms with van der Waals surface area (Å²) in [5, 5.41) is 4.21.